The molecule has 6 heteroatoms. The molecule has 0 saturated carbocycles. The quantitative estimate of drug-likeness (QED) is 0.737. The second-order valence-electron chi connectivity index (χ2n) is 5.19. The molecule has 1 saturated heterocycles. The monoisotopic (exact) mass is 297 g/mol. The molecule has 1 aromatic carbocycles. The molecule has 1 amide bonds. The summed E-state index contributed by atoms with van der Waals surface area (Å²) in [7, 11) is 0. The molecule has 1 aliphatic rings. The largest absolute Gasteiger partial charge is 0.399 e. The third kappa shape index (κ3) is 4.10. The first-order chi connectivity index (χ1) is 9.58. The van der Waals surface area contributed by atoms with Crippen molar-refractivity contribution in [1.82, 2.24) is 4.90 Å². The average Bonchev–Trinajstić information content (AvgIpc) is 2.43. The van der Waals surface area contributed by atoms with Crippen LogP contribution in [0.25, 0.3) is 0 Å². The van der Waals surface area contributed by atoms with Gasteiger partial charge in [-0.2, -0.15) is 0 Å². The first kappa shape index (κ1) is 15.1. The van der Waals surface area contributed by atoms with Crippen molar-refractivity contribution in [2.45, 2.75) is 12.8 Å². The predicted molar refractivity (Wildman–Crippen MR) is 80.7 cm³/mol. The molecule has 2 rings (SSSR count). The molecular weight excluding hydrogens is 278 g/mol. The Kier molecular flexibility index (Phi) is 5.23. The molecule has 0 atom stereocenters. The zero-order valence-corrected chi connectivity index (χ0v) is 12.1. The fourth-order valence-corrected chi connectivity index (χ4v) is 2.59. The summed E-state index contributed by atoms with van der Waals surface area (Å²) in [4.78, 5) is 14.1. The Morgan fingerprint density at radius 2 is 2.15 bits per heavy atom. The summed E-state index contributed by atoms with van der Waals surface area (Å²) in [6.45, 7) is 2.27. The van der Waals surface area contributed by atoms with Gasteiger partial charge in [0, 0.05) is 12.3 Å². The summed E-state index contributed by atoms with van der Waals surface area (Å²) in [5.41, 5.74) is 6.76. The highest BCUT2D eigenvalue weighted by Crippen LogP contribution is 2.24. The number of nitrogen functional groups attached to an aromatic ring is 1. The first-order valence-electron chi connectivity index (χ1n) is 6.76. The number of amides is 1. The number of rotatable bonds is 4. The van der Waals surface area contributed by atoms with Crippen LogP contribution >= 0.6 is 11.6 Å². The van der Waals surface area contributed by atoms with E-state index in [4.69, 9.17) is 22.4 Å². The van der Waals surface area contributed by atoms with Crippen molar-refractivity contribution >= 4 is 28.9 Å². The van der Waals surface area contributed by atoms with E-state index < -0.39 is 0 Å². The number of nitrogens with zero attached hydrogens (tertiary/aromatic N) is 1. The first-order valence-corrected chi connectivity index (χ1v) is 7.14. The Bertz CT molecular complexity index is 473. The number of anilines is 2. The van der Waals surface area contributed by atoms with Crippen molar-refractivity contribution in [2.75, 3.05) is 37.3 Å². The molecule has 0 aliphatic carbocycles. The summed E-state index contributed by atoms with van der Waals surface area (Å²) in [5, 5.41) is 12.3. The lowest BCUT2D eigenvalue weighted by atomic mass is 9.98. The summed E-state index contributed by atoms with van der Waals surface area (Å²) in [6.07, 6.45) is 1.87. The zero-order chi connectivity index (χ0) is 14.5. The van der Waals surface area contributed by atoms with Gasteiger partial charge in [-0.25, -0.2) is 0 Å². The van der Waals surface area contributed by atoms with E-state index in [1.807, 2.05) is 0 Å². The Balaban J connectivity index is 1.84. The molecule has 20 heavy (non-hydrogen) atoms. The summed E-state index contributed by atoms with van der Waals surface area (Å²) in [6, 6.07) is 5.02. The molecule has 1 aromatic rings. The van der Waals surface area contributed by atoms with Crippen LogP contribution in [0.15, 0.2) is 18.2 Å². The highest BCUT2D eigenvalue weighted by atomic mass is 35.5. The number of likely N-dealkylation sites (tertiary alicyclic amines) is 1. The predicted octanol–water partition coefficient (Wildman–Crippen LogP) is 1.57. The van der Waals surface area contributed by atoms with Crippen LogP contribution in [0.5, 0.6) is 0 Å². The maximum Gasteiger partial charge on any atom is 0.238 e. The lowest BCUT2D eigenvalue weighted by molar-refractivity contribution is -0.117. The molecule has 0 aromatic heterocycles. The number of benzene rings is 1. The number of piperidine rings is 1. The molecule has 0 bridgehead atoms. The van der Waals surface area contributed by atoms with Crippen molar-refractivity contribution in [3.63, 3.8) is 0 Å². The Hall–Kier alpha value is -1.30. The van der Waals surface area contributed by atoms with Crippen LogP contribution < -0.4 is 11.1 Å². The van der Waals surface area contributed by atoms with Crippen LogP contribution in [0.3, 0.4) is 0 Å². The van der Waals surface area contributed by atoms with Gasteiger partial charge >= 0.3 is 0 Å². The minimum Gasteiger partial charge on any atom is -0.399 e. The fraction of sp³-hybridized carbons (Fsp3) is 0.500. The molecular formula is C14H20ClN3O2. The van der Waals surface area contributed by atoms with E-state index in [9.17, 15) is 4.79 Å². The van der Waals surface area contributed by atoms with E-state index in [0.29, 0.717) is 28.9 Å². The van der Waals surface area contributed by atoms with Gasteiger partial charge in [0.25, 0.3) is 0 Å². The van der Waals surface area contributed by atoms with Gasteiger partial charge in [0.05, 0.1) is 17.3 Å². The third-order valence-corrected chi connectivity index (χ3v) is 3.91. The van der Waals surface area contributed by atoms with Gasteiger partial charge < -0.3 is 16.2 Å². The molecule has 1 aliphatic heterocycles. The molecule has 0 spiro atoms. The fourth-order valence-electron chi connectivity index (χ4n) is 2.35. The van der Waals surface area contributed by atoms with Gasteiger partial charge in [0.2, 0.25) is 5.91 Å². The maximum atomic E-state index is 12.0. The topological polar surface area (TPSA) is 78.6 Å². The van der Waals surface area contributed by atoms with Crippen molar-refractivity contribution in [3.8, 4) is 0 Å². The average molecular weight is 298 g/mol. The maximum absolute atomic E-state index is 12.0. The van der Waals surface area contributed by atoms with Crippen LogP contribution in [-0.4, -0.2) is 42.2 Å². The normalized spacial score (nSPS) is 17.1. The smallest absolute Gasteiger partial charge is 0.238 e. The van der Waals surface area contributed by atoms with Gasteiger partial charge in [-0.1, -0.05) is 11.6 Å². The van der Waals surface area contributed by atoms with Crippen molar-refractivity contribution in [3.05, 3.63) is 23.2 Å². The Morgan fingerprint density at radius 1 is 1.45 bits per heavy atom. The van der Waals surface area contributed by atoms with E-state index in [1.165, 1.54) is 0 Å². The van der Waals surface area contributed by atoms with Crippen LogP contribution in [0.2, 0.25) is 5.02 Å². The van der Waals surface area contributed by atoms with E-state index in [-0.39, 0.29) is 12.5 Å². The lowest BCUT2D eigenvalue weighted by Crippen LogP contribution is -2.39. The van der Waals surface area contributed by atoms with E-state index in [0.717, 1.165) is 25.9 Å². The standard InChI is InChI=1S/C14H20ClN3O2/c15-12-7-11(16)1-2-13(12)17-14(20)8-18-5-3-10(9-19)4-6-18/h1-2,7,10,19H,3-6,8-9,16H2,(H,17,20). The van der Waals surface area contributed by atoms with E-state index in [2.05, 4.69) is 10.2 Å². The van der Waals surface area contributed by atoms with Crippen LogP contribution in [0.1, 0.15) is 12.8 Å². The molecule has 110 valence electrons. The van der Waals surface area contributed by atoms with Crippen LogP contribution in [0.4, 0.5) is 11.4 Å². The Morgan fingerprint density at radius 3 is 2.75 bits per heavy atom. The number of hydrogen-bond donors (Lipinski definition) is 3. The highest BCUT2D eigenvalue weighted by molar-refractivity contribution is 6.34. The minimum absolute atomic E-state index is 0.0841. The van der Waals surface area contributed by atoms with Crippen molar-refractivity contribution in [2.24, 2.45) is 5.92 Å². The second-order valence-corrected chi connectivity index (χ2v) is 5.60. The van der Waals surface area contributed by atoms with Crippen LogP contribution in [-0.2, 0) is 4.79 Å². The molecule has 0 unspecified atom stereocenters. The summed E-state index contributed by atoms with van der Waals surface area (Å²) >= 11 is 6.02. The SMILES string of the molecule is Nc1ccc(NC(=O)CN2CCC(CO)CC2)c(Cl)c1. The number of halogens is 1. The third-order valence-electron chi connectivity index (χ3n) is 3.60. The molecule has 4 N–H and O–H groups in total. The van der Waals surface area contributed by atoms with Crippen LogP contribution in [0, 0.1) is 5.92 Å². The van der Waals surface area contributed by atoms with Gasteiger partial charge in [0.1, 0.15) is 0 Å². The summed E-state index contributed by atoms with van der Waals surface area (Å²) < 4.78 is 0. The number of hydrogen-bond acceptors (Lipinski definition) is 4. The minimum atomic E-state index is -0.0841. The van der Waals surface area contributed by atoms with Gasteiger partial charge in [-0.05, 0) is 50.0 Å². The van der Waals surface area contributed by atoms with Gasteiger partial charge in [-0.15, -0.1) is 0 Å². The van der Waals surface area contributed by atoms with Gasteiger partial charge in [0.15, 0.2) is 0 Å². The summed E-state index contributed by atoms with van der Waals surface area (Å²) in [5.74, 6) is 0.292. The van der Waals surface area contributed by atoms with Crippen molar-refractivity contribution < 1.29 is 9.90 Å². The van der Waals surface area contributed by atoms with E-state index in [1.54, 1.807) is 18.2 Å². The number of nitrogens with one attached hydrogen (secondary N) is 1. The number of carbonyl (C=O) groups is 1. The number of nitrogens with two attached hydrogens (primary N) is 1. The molecule has 0 radical (unpaired) electrons. The Labute approximate surface area is 123 Å². The zero-order valence-electron chi connectivity index (χ0n) is 11.3. The lowest BCUT2D eigenvalue weighted by Gasteiger charge is -2.30. The number of aliphatic hydroxyl groups is 1. The molecule has 1 heterocycles. The highest BCUT2D eigenvalue weighted by Gasteiger charge is 2.20. The number of carbonyl (C=O) groups excluding carboxylic acids is 1. The van der Waals surface area contributed by atoms with E-state index >= 15 is 0 Å². The molecule has 1 fully saturated rings. The molecule has 5 nitrogen and oxygen atoms in total. The van der Waals surface area contributed by atoms with Gasteiger partial charge in [-0.3, -0.25) is 9.69 Å². The number of aliphatic hydroxyl groups excluding tert-OH is 1. The van der Waals surface area contributed by atoms with Crippen molar-refractivity contribution in [1.29, 1.82) is 0 Å². The second kappa shape index (κ2) is 6.92.